The minimum atomic E-state index is -8.23. The number of ether oxygens (including phenoxy) is 1. The summed E-state index contributed by atoms with van der Waals surface area (Å²) in [4.78, 5) is 0. The first kappa shape index (κ1) is 25.8. The first-order valence-corrected chi connectivity index (χ1v) is 5.66. The second-order valence-corrected chi connectivity index (χ2v) is 4.65. The maximum absolute atomic E-state index is 13.0. The molecule has 0 aliphatic carbocycles. The molecule has 0 amide bonds. The van der Waals surface area contributed by atoms with E-state index in [0.717, 1.165) is 0 Å². The Kier molecular flexibility index (Phi) is 6.38. The van der Waals surface area contributed by atoms with Gasteiger partial charge in [0.15, 0.2) is 0 Å². The molecule has 0 saturated heterocycles. The van der Waals surface area contributed by atoms with Crippen molar-refractivity contribution in [1.82, 2.24) is 0 Å². The first-order valence-electron chi connectivity index (χ1n) is 5.66. The molecule has 0 aromatic heterocycles. The summed E-state index contributed by atoms with van der Waals surface area (Å²) in [6.45, 7) is -3.87. The van der Waals surface area contributed by atoms with Gasteiger partial charge in [0.1, 0.15) is 6.61 Å². The van der Waals surface area contributed by atoms with Crippen molar-refractivity contribution in [2.24, 2.45) is 0 Å². The lowest BCUT2D eigenvalue weighted by atomic mass is 9.94. The lowest BCUT2D eigenvalue weighted by Crippen LogP contribution is -2.70. The second kappa shape index (κ2) is 6.68. The van der Waals surface area contributed by atoms with Gasteiger partial charge in [-0.3, -0.25) is 0 Å². The van der Waals surface area contributed by atoms with E-state index in [1.165, 1.54) is 0 Å². The smallest absolute Gasteiger partial charge is 0.309 e. The summed E-state index contributed by atoms with van der Waals surface area (Å²) in [7, 11) is 0. The number of rotatable bonds is 8. The van der Waals surface area contributed by atoms with Gasteiger partial charge in [-0.1, -0.05) is 0 Å². The van der Waals surface area contributed by atoms with Crippen molar-refractivity contribution in [2.75, 3.05) is 6.61 Å². The fraction of sp³-hybridized carbons (Fsp3) is 1.00. The van der Waals surface area contributed by atoms with E-state index in [4.69, 9.17) is 0 Å². The number of halogens is 17. The van der Waals surface area contributed by atoms with Gasteiger partial charge in [0.2, 0.25) is 0 Å². The van der Waals surface area contributed by atoms with Crippen LogP contribution in [0.4, 0.5) is 74.6 Å². The van der Waals surface area contributed by atoms with E-state index in [-0.39, 0.29) is 0 Å². The summed E-state index contributed by atoms with van der Waals surface area (Å²) in [5.74, 6) is -39.4. The monoisotopic (exact) mass is 450 g/mol. The lowest BCUT2D eigenvalue weighted by Gasteiger charge is -2.39. The number of hydrogen-bond acceptors (Lipinski definition) is 1. The molecule has 0 aromatic rings. The highest BCUT2D eigenvalue weighted by atomic mass is 19.4. The van der Waals surface area contributed by atoms with Gasteiger partial charge < -0.3 is 4.74 Å². The fourth-order valence-corrected chi connectivity index (χ4v) is 1.14. The van der Waals surface area contributed by atoms with E-state index in [2.05, 4.69) is 4.74 Å². The van der Waals surface area contributed by atoms with Crippen molar-refractivity contribution in [3.8, 4) is 0 Å². The van der Waals surface area contributed by atoms with Crippen LogP contribution in [0, 0.1) is 0 Å². The zero-order chi connectivity index (χ0) is 22.5. The quantitative estimate of drug-likeness (QED) is 0.438. The summed E-state index contributed by atoms with van der Waals surface area (Å²) in [5, 5.41) is 0. The minimum absolute atomic E-state index is 2.20. The van der Waals surface area contributed by atoms with Crippen LogP contribution in [-0.4, -0.2) is 54.9 Å². The Hall–Kier alpha value is -1.23. The molecular formula is C9H3F17O. The summed E-state index contributed by atoms with van der Waals surface area (Å²) in [6, 6.07) is 0. The molecule has 0 spiro atoms. The molecular weight excluding hydrogens is 447 g/mol. The van der Waals surface area contributed by atoms with E-state index < -0.39 is 54.9 Å². The van der Waals surface area contributed by atoms with Crippen LogP contribution in [0.3, 0.4) is 0 Å². The standard InChI is InChI=1S/C9H3F17O/c10-2(11)4(14,15)27-1-3(12,13)5(16,17)6(18,19)7(20,21)8(22,23)9(24,25)26/h2H,1H2. The first-order chi connectivity index (χ1) is 11.4. The summed E-state index contributed by atoms with van der Waals surface area (Å²) < 4.78 is 213. The lowest BCUT2D eigenvalue weighted by molar-refractivity contribution is -0.445. The maximum Gasteiger partial charge on any atom is 0.460 e. The van der Waals surface area contributed by atoms with Gasteiger partial charge in [0, 0.05) is 0 Å². The third-order valence-corrected chi connectivity index (χ3v) is 2.70. The number of alkyl halides is 17. The number of hydrogen-bond donors (Lipinski definition) is 0. The van der Waals surface area contributed by atoms with Gasteiger partial charge in [-0.15, -0.1) is 0 Å². The third-order valence-electron chi connectivity index (χ3n) is 2.70. The van der Waals surface area contributed by atoms with Crippen molar-refractivity contribution >= 4 is 0 Å². The van der Waals surface area contributed by atoms with Crippen molar-refractivity contribution in [2.45, 2.75) is 48.3 Å². The normalized spacial score (nSPS) is 16.2. The second-order valence-electron chi connectivity index (χ2n) is 4.65. The average molecular weight is 450 g/mol. The SMILES string of the molecule is FC(F)C(F)(F)OCC(F)(F)C(F)(F)C(F)(F)C(F)(F)C(F)(F)C(F)(F)F. The van der Waals surface area contributed by atoms with E-state index >= 15 is 0 Å². The summed E-state index contributed by atoms with van der Waals surface area (Å²) in [5.41, 5.74) is 0. The molecule has 0 rings (SSSR count). The fourth-order valence-electron chi connectivity index (χ4n) is 1.14. The largest absolute Gasteiger partial charge is 0.460 e. The molecule has 27 heavy (non-hydrogen) atoms. The Bertz CT molecular complexity index is 517. The molecule has 0 aliphatic heterocycles. The highest BCUT2D eigenvalue weighted by Gasteiger charge is 2.90. The zero-order valence-corrected chi connectivity index (χ0v) is 11.6. The van der Waals surface area contributed by atoms with Crippen LogP contribution < -0.4 is 0 Å². The molecule has 0 unspecified atom stereocenters. The highest BCUT2D eigenvalue weighted by Crippen LogP contribution is 2.60. The van der Waals surface area contributed by atoms with Gasteiger partial charge in [-0.2, -0.15) is 65.9 Å². The highest BCUT2D eigenvalue weighted by molar-refractivity contribution is 5.10. The molecule has 0 fully saturated rings. The van der Waals surface area contributed by atoms with Crippen LogP contribution in [0.1, 0.15) is 0 Å². The average Bonchev–Trinajstić information content (AvgIpc) is 2.43. The van der Waals surface area contributed by atoms with E-state index in [0.29, 0.717) is 0 Å². The van der Waals surface area contributed by atoms with Crippen LogP contribution in [0.25, 0.3) is 0 Å². The molecule has 18 heteroatoms. The Labute approximate surface area is 136 Å². The predicted octanol–water partition coefficient (Wildman–Crippen LogP) is 5.60. The Morgan fingerprint density at radius 3 is 1.15 bits per heavy atom. The van der Waals surface area contributed by atoms with Gasteiger partial charge in [0.05, 0.1) is 0 Å². The van der Waals surface area contributed by atoms with Crippen molar-refractivity contribution in [3.05, 3.63) is 0 Å². The van der Waals surface area contributed by atoms with Gasteiger partial charge in [-0.05, 0) is 0 Å². The maximum atomic E-state index is 13.0. The van der Waals surface area contributed by atoms with Crippen LogP contribution in [0.5, 0.6) is 0 Å². The zero-order valence-electron chi connectivity index (χ0n) is 11.6. The predicted molar refractivity (Wildman–Crippen MR) is 47.7 cm³/mol. The van der Waals surface area contributed by atoms with Crippen LogP contribution in [0.15, 0.2) is 0 Å². The molecule has 164 valence electrons. The Morgan fingerprint density at radius 1 is 0.519 bits per heavy atom. The minimum Gasteiger partial charge on any atom is -0.309 e. The van der Waals surface area contributed by atoms with E-state index in [1.807, 2.05) is 0 Å². The van der Waals surface area contributed by atoms with Gasteiger partial charge >= 0.3 is 48.3 Å². The van der Waals surface area contributed by atoms with Crippen molar-refractivity contribution in [1.29, 1.82) is 0 Å². The van der Waals surface area contributed by atoms with Gasteiger partial charge in [-0.25, -0.2) is 8.78 Å². The van der Waals surface area contributed by atoms with Gasteiger partial charge in [0.25, 0.3) is 0 Å². The van der Waals surface area contributed by atoms with E-state index in [1.54, 1.807) is 0 Å². The molecule has 0 bridgehead atoms. The summed E-state index contributed by atoms with van der Waals surface area (Å²) in [6.07, 6.45) is -18.7. The topological polar surface area (TPSA) is 9.23 Å². The Morgan fingerprint density at radius 2 is 0.852 bits per heavy atom. The molecule has 0 aliphatic rings. The van der Waals surface area contributed by atoms with Crippen LogP contribution in [-0.2, 0) is 4.74 Å². The molecule has 0 heterocycles. The van der Waals surface area contributed by atoms with E-state index in [9.17, 15) is 74.6 Å². The van der Waals surface area contributed by atoms with Crippen molar-refractivity contribution in [3.63, 3.8) is 0 Å². The summed E-state index contributed by atoms with van der Waals surface area (Å²) >= 11 is 0. The molecule has 1 nitrogen and oxygen atoms in total. The van der Waals surface area contributed by atoms with Crippen molar-refractivity contribution < 1.29 is 79.4 Å². The Balaban J connectivity index is 6.02. The third kappa shape index (κ3) is 3.98. The molecule has 0 atom stereocenters. The molecule has 0 saturated carbocycles. The molecule has 0 aromatic carbocycles. The van der Waals surface area contributed by atoms with Crippen LogP contribution in [0.2, 0.25) is 0 Å². The van der Waals surface area contributed by atoms with Crippen LogP contribution >= 0.6 is 0 Å². The molecule has 0 radical (unpaired) electrons. The molecule has 0 N–H and O–H groups in total.